The van der Waals surface area contributed by atoms with Gasteiger partial charge in [0.15, 0.2) is 0 Å². The number of rotatable bonds is 1. The maximum absolute atomic E-state index is 11.6. The maximum atomic E-state index is 11.6. The second kappa shape index (κ2) is 3.81. The highest BCUT2D eigenvalue weighted by Gasteiger charge is 2.29. The molecule has 2 rings (SSSR count). The first-order valence-corrected chi connectivity index (χ1v) is 6.47. The van der Waals surface area contributed by atoms with Gasteiger partial charge in [-0.15, -0.1) is 0 Å². The van der Waals surface area contributed by atoms with Gasteiger partial charge in [-0.25, -0.2) is 0 Å². The van der Waals surface area contributed by atoms with Crippen molar-refractivity contribution in [1.82, 2.24) is 4.98 Å². The minimum Gasteiger partial charge on any atom is -0.309 e. The summed E-state index contributed by atoms with van der Waals surface area (Å²) in [6, 6.07) is 3.74. The molecule has 14 heavy (non-hydrogen) atoms. The average molecular weight is 213 g/mol. The van der Waals surface area contributed by atoms with Gasteiger partial charge >= 0.3 is 7.60 Å². The van der Waals surface area contributed by atoms with Crippen molar-refractivity contribution < 1.29 is 13.6 Å². The summed E-state index contributed by atoms with van der Waals surface area (Å²) in [6.07, 6.45) is 4.02. The quantitative estimate of drug-likeness (QED) is 0.672. The van der Waals surface area contributed by atoms with Gasteiger partial charge in [0.05, 0.1) is 12.7 Å². The van der Waals surface area contributed by atoms with Crippen molar-refractivity contribution in [3.63, 3.8) is 0 Å². The number of nitrogens with zero attached hydrogens (tertiary/aromatic N) is 1. The first kappa shape index (κ1) is 9.84. The molecule has 1 saturated heterocycles. The highest BCUT2D eigenvalue weighted by atomic mass is 31.2. The lowest BCUT2D eigenvalue weighted by molar-refractivity contribution is 0.0844. The Morgan fingerprint density at radius 3 is 2.86 bits per heavy atom. The van der Waals surface area contributed by atoms with Crippen molar-refractivity contribution in [2.45, 2.75) is 12.5 Å². The van der Waals surface area contributed by atoms with Gasteiger partial charge in [0.1, 0.15) is 0 Å². The molecule has 1 aromatic rings. The zero-order valence-electron chi connectivity index (χ0n) is 7.92. The minimum atomic E-state index is -2.83. The molecule has 76 valence electrons. The van der Waals surface area contributed by atoms with E-state index in [0.717, 1.165) is 12.0 Å². The van der Waals surface area contributed by atoms with Crippen molar-refractivity contribution in [3.8, 4) is 0 Å². The molecule has 5 heteroatoms. The normalized spacial score (nSPS) is 32.8. The first-order chi connectivity index (χ1) is 6.67. The van der Waals surface area contributed by atoms with E-state index in [1.165, 1.54) is 6.66 Å². The SMILES string of the molecule is CP1(=O)OCCC(c2ccncc2)O1. The zero-order chi connectivity index (χ0) is 10.0. The second-order valence-corrected chi connectivity index (χ2v) is 5.28. The van der Waals surface area contributed by atoms with Gasteiger partial charge < -0.3 is 9.05 Å². The molecule has 1 aliphatic heterocycles. The van der Waals surface area contributed by atoms with Crippen LogP contribution in [0.1, 0.15) is 18.1 Å². The Balaban J connectivity index is 2.16. The minimum absolute atomic E-state index is 0.123. The Hall–Kier alpha value is -0.700. The van der Waals surface area contributed by atoms with Crippen LogP contribution in [0, 0.1) is 0 Å². The summed E-state index contributed by atoms with van der Waals surface area (Å²) >= 11 is 0. The van der Waals surface area contributed by atoms with Gasteiger partial charge in [0, 0.05) is 25.5 Å². The summed E-state index contributed by atoms with van der Waals surface area (Å²) in [6.45, 7) is 1.99. The van der Waals surface area contributed by atoms with Crippen LogP contribution >= 0.6 is 7.60 Å². The summed E-state index contributed by atoms with van der Waals surface area (Å²) in [7, 11) is -2.83. The van der Waals surface area contributed by atoms with Crippen LogP contribution < -0.4 is 0 Å². The molecule has 0 N–H and O–H groups in total. The third kappa shape index (κ3) is 2.21. The van der Waals surface area contributed by atoms with Gasteiger partial charge in [0.25, 0.3) is 0 Å². The highest BCUT2D eigenvalue weighted by molar-refractivity contribution is 7.53. The summed E-state index contributed by atoms with van der Waals surface area (Å²) in [5.74, 6) is 0. The predicted octanol–water partition coefficient (Wildman–Crippen LogP) is 2.38. The monoisotopic (exact) mass is 213 g/mol. The zero-order valence-corrected chi connectivity index (χ0v) is 8.81. The number of hydrogen-bond acceptors (Lipinski definition) is 4. The predicted molar refractivity (Wildman–Crippen MR) is 52.2 cm³/mol. The Labute approximate surface area is 82.8 Å². The van der Waals surface area contributed by atoms with E-state index < -0.39 is 7.60 Å². The van der Waals surface area contributed by atoms with Crippen LogP contribution in [0.5, 0.6) is 0 Å². The van der Waals surface area contributed by atoms with Crippen molar-refractivity contribution in [3.05, 3.63) is 30.1 Å². The van der Waals surface area contributed by atoms with Gasteiger partial charge in [-0.1, -0.05) is 0 Å². The summed E-state index contributed by atoms with van der Waals surface area (Å²) < 4.78 is 22.0. The number of aromatic nitrogens is 1. The molecule has 2 atom stereocenters. The van der Waals surface area contributed by atoms with Crippen LogP contribution in [-0.4, -0.2) is 18.3 Å². The Kier molecular flexibility index (Phi) is 2.68. The van der Waals surface area contributed by atoms with E-state index in [9.17, 15) is 4.57 Å². The molecule has 2 heterocycles. The van der Waals surface area contributed by atoms with E-state index in [2.05, 4.69) is 4.98 Å². The lowest BCUT2D eigenvalue weighted by Gasteiger charge is -2.27. The first-order valence-electron chi connectivity index (χ1n) is 4.48. The molecule has 1 aromatic heterocycles. The fraction of sp³-hybridized carbons (Fsp3) is 0.444. The van der Waals surface area contributed by atoms with E-state index in [1.807, 2.05) is 12.1 Å². The third-order valence-electron chi connectivity index (χ3n) is 2.10. The molecule has 0 radical (unpaired) electrons. The van der Waals surface area contributed by atoms with E-state index in [0.29, 0.717) is 6.61 Å². The molecule has 2 unspecified atom stereocenters. The Morgan fingerprint density at radius 1 is 1.50 bits per heavy atom. The molecule has 0 aromatic carbocycles. The molecular formula is C9H12NO3P. The van der Waals surface area contributed by atoms with Gasteiger partial charge in [-0.3, -0.25) is 9.55 Å². The van der Waals surface area contributed by atoms with Gasteiger partial charge in [-0.2, -0.15) is 0 Å². The van der Waals surface area contributed by atoms with Gasteiger partial charge in [-0.05, 0) is 17.7 Å². The molecule has 4 nitrogen and oxygen atoms in total. The molecule has 0 spiro atoms. The molecule has 0 amide bonds. The van der Waals surface area contributed by atoms with E-state index in [4.69, 9.17) is 9.05 Å². The Bertz CT molecular complexity index is 354. The molecule has 0 saturated carbocycles. The summed E-state index contributed by atoms with van der Waals surface area (Å²) in [4.78, 5) is 3.92. The van der Waals surface area contributed by atoms with Crippen LogP contribution in [0.15, 0.2) is 24.5 Å². The van der Waals surface area contributed by atoms with Gasteiger partial charge in [0.2, 0.25) is 0 Å². The average Bonchev–Trinajstić information content (AvgIpc) is 2.18. The second-order valence-electron chi connectivity index (χ2n) is 3.27. The Morgan fingerprint density at radius 2 is 2.21 bits per heavy atom. The lowest BCUT2D eigenvalue weighted by atomic mass is 10.1. The van der Waals surface area contributed by atoms with E-state index in [-0.39, 0.29) is 6.10 Å². The van der Waals surface area contributed by atoms with Crippen LogP contribution in [0.4, 0.5) is 0 Å². The van der Waals surface area contributed by atoms with Crippen molar-refractivity contribution in [1.29, 1.82) is 0 Å². The lowest BCUT2D eigenvalue weighted by Crippen LogP contribution is -2.13. The topological polar surface area (TPSA) is 48.4 Å². The van der Waals surface area contributed by atoms with Crippen LogP contribution in [-0.2, 0) is 13.6 Å². The summed E-state index contributed by atoms with van der Waals surface area (Å²) in [5.41, 5.74) is 1.00. The smallest absolute Gasteiger partial charge is 0.309 e. The standard InChI is InChI=1S/C9H12NO3P/c1-14(11)12-7-4-9(13-14)8-2-5-10-6-3-8/h2-3,5-6,9H,4,7H2,1H3. The molecular weight excluding hydrogens is 201 g/mol. The van der Waals surface area contributed by atoms with Crippen LogP contribution in [0.25, 0.3) is 0 Å². The molecule has 0 aliphatic carbocycles. The number of pyridine rings is 1. The van der Waals surface area contributed by atoms with Crippen molar-refractivity contribution >= 4 is 7.60 Å². The van der Waals surface area contributed by atoms with Crippen molar-refractivity contribution in [2.24, 2.45) is 0 Å². The van der Waals surface area contributed by atoms with E-state index in [1.54, 1.807) is 12.4 Å². The molecule has 1 aliphatic rings. The fourth-order valence-electron chi connectivity index (χ4n) is 1.45. The van der Waals surface area contributed by atoms with Crippen LogP contribution in [0.2, 0.25) is 0 Å². The highest BCUT2D eigenvalue weighted by Crippen LogP contribution is 2.52. The summed E-state index contributed by atoms with van der Waals surface area (Å²) in [5, 5.41) is 0. The van der Waals surface area contributed by atoms with Crippen molar-refractivity contribution in [2.75, 3.05) is 13.3 Å². The fourth-order valence-corrected chi connectivity index (χ4v) is 2.63. The van der Waals surface area contributed by atoms with Crippen LogP contribution in [0.3, 0.4) is 0 Å². The molecule has 0 bridgehead atoms. The third-order valence-corrected chi connectivity index (χ3v) is 3.39. The van der Waals surface area contributed by atoms with E-state index >= 15 is 0 Å². The molecule has 1 fully saturated rings. The largest absolute Gasteiger partial charge is 0.328 e. The maximum Gasteiger partial charge on any atom is 0.328 e. The number of hydrogen-bond donors (Lipinski definition) is 0.